The molecule has 2 heterocycles. The van der Waals surface area contributed by atoms with Crippen LogP contribution in [0.25, 0.3) is 16.9 Å². The highest BCUT2D eigenvalue weighted by atomic mass is 16.3. The van der Waals surface area contributed by atoms with Crippen molar-refractivity contribution in [3.63, 3.8) is 0 Å². The van der Waals surface area contributed by atoms with Crippen molar-refractivity contribution in [3.05, 3.63) is 54.5 Å². The van der Waals surface area contributed by atoms with Gasteiger partial charge in [0.05, 0.1) is 6.61 Å². The Kier molecular flexibility index (Phi) is 2.34. The van der Waals surface area contributed by atoms with E-state index in [0.29, 0.717) is 0 Å². The van der Waals surface area contributed by atoms with Gasteiger partial charge in [0.15, 0.2) is 5.65 Å². The summed E-state index contributed by atoms with van der Waals surface area (Å²) in [6.07, 6.45) is 3.51. The fourth-order valence-electron chi connectivity index (χ4n) is 1.80. The van der Waals surface area contributed by atoms with Crippen LogP contribution in [0.15, 0.2) is 48.9 Å². The molecule has 4 nitrogen and oxygen atoms in total. The van der Waals surface area contributed by atoms with Crippen LogP contribution >= 0.6 is 0 Å². The van der Waals surface area contributed by atoms with Crippen LogP contribution in [-0.2, 0) is 6.61 Å². The van der Waals surface area contributed by atoms with Crippen molar-refractivity contribution >= 4 is 11.2 Å². The largest absolute Gasteiger partial charge is 0.392 e. The fourth-order valence-corrected chi connectivity index (χ4v) is 1.80. The second kappa shape index (κ2) is 3.99. The second-order valence-corrected chi connectivity index (χ2v) is 3.79. The van der Waals surface area contributed by atoms with Gasteiger partial charge in [-0.25, -0.2) is 9.97 Å². The number of rotatable bonds is 2. The van der Waals surface area contributed by atoms with E-state index in [1.54, 1.807) is 12.5 Å². The third-order valence-electron chi connectivity index (χ3n) is 2.70. The molecule has 1 aromatic carbocycles. The Morgan fingerprint density at radius 2 is 1.88 bits per heavy atom. The molecule has 0 saturated heterocycles. The van der Waals surface area contributed by atoms with Crippen molar-refractivity contribution in [2.24, 2.45) is 0 Å². The van der Waals surface area contributed by atoms with Crippen LogP contribution < -0.4 is 0 Å². The SMILES string of the molecule is OCc1ccc(-n2cnc3cccnc32)cc1. The first-order chi connectivity index (χ1) is 8.38. The minimum Gasteiger partial charge on any atom is -0.392 e. The molecule has 4 heteroatoms. The molecule has 0 spiro atoms. The topological polar surface area (TPSA) is 50.9 Å². The molecule has 3 rings (SSSR count). The number of nitrogens with zero attached hydrogens (tertiary/aromatic N) is 3. The lowest BCUT2D eigenvalue weighted by Gasteiger charge is -2.04. The Morgan fingerprint density at radius 3 is 2.65 bits per heavy atom. The molecule has 0 atom stereocenters. The molecular weight excluding hydrogens is 214 g/mol. The van der Waals surface area contributed by atoms with Gasteiger partial charge in [0.2, 0.25) is 0 Å². The van der Waals surface area contributed by atoms with Gasteiger partial charge in [0, 0.05) is 11.9 Å². The molecule has 1 N–H and O–H groups in total. The first-order valence-corrected chi connectivity index (χ1v) is 5.37. The quantitative estimate of drug-likeness (QED) is 0.724. The molecule has 0 aliphatic carbocycles. The van der Waals surface area contributed by atoms with Crippen molar-refractivity contribution < 1.29 is 5.11 Å². The van der Waals surface area contributed by atoms with E-state index in [0.717, 1.165) is 22.4 Å². The lowest BCUT2D eigenvalue weighted by Crippen LogP contribution is -1.94. The number of aromatic nitrogens is 3. The zero-order chi connectivity index (χ0) is 11.7. The Hall–Kier alpha value is -2.20. The Balaban J connectivity index is 2.13. The molecule has 0 aliphatic rings. The van der Waals surface area contributed by atoms with Crippen molar-refractivity contribution in [1.82, 2.24) is 14.5 Å². The molecule has 2 aromatic heterocycles. The molecule has 0 saturated carbocycles. The van der Waals surface area contributed by atoms with Gasteiger partial charge in [-0.15, -0.1) is 0 Å². The minimum absolute atomic E-state index is 0.0587. The van der Waals surface area contributed by atoms with Crippen LogP contribution in [0, 0.1) is 0 Å². The summed E-state index contributed by atoms with van der Waals surface area (Å²) < 4.78 is 1.93. The molecule has 0 radical (unpaired) electrons. The summed E-state index contributed by atoms with van der Waals surface area (Å²) in [5.74, 6) is 0. The van der Waals surface area contributed by atoms with E-state index in [4.69, 9.17) is 5.11 Å². The van der Waals surface area contributed by atoms with Gasteiger partial charge in [0.25, 0.3) is 0 Å². The standard InChI is InChI=1S/C13H11N3O/c17-8-10-3-5-11(6-4-10)16-9-15-12-2-1-7-14-13(12)16/h1-7,9,17H,8H2. The zero-order valence-corrected chi connectivity index (χ0v) is 9.11. The van der Waals surface area contributed by atoms with Gasteiger partial charge in [-0.2, -0.15) is 0 Å². The maximum atomic E-state index is 9.00. The number of hydrogen-bond donors (Lipinski definition) is 1. The summed E-state index contributed by atoms with van der Waals surface area (Å²) >= 11 is 0. The van der Waals surface area contributed by atoms with Gasteiger partial charge in [-0.1, -0.05) is 12.1 Å². The highest BCUT2D eigenvalue weighted by molar-refractivity contribution is 5.72. The van der Waals surface area contributed by atoms with Crippen LogP contribution in [0.3, 0.4) is 0 Å². The molecule has 0 fully saturated rings. The van der Waals surface area contributed by atoms with E-state index in [1.807, 2.05) is 41.0 Å². The maximum Gasteiger partial charge on any atom is 0.164 e. The Labute approximate surface area is 98.2 Å². The molecular formula is C13H11N3O. The zero-order valence-electron chi connectivity index (χ0n) is 9.11. The fraction of sp³-hybridized carbons (Fsp3) is 0.0769. The Bertz CT molecular complexity index is 643. The molecule has 0 aliphatic heterocycles. The van der Waals surface area contributed by atoms with Crippen LogP contribution in [0.2, 0.25) is 0 Å². The second-order valence-electron chi connectivity index (χ2n) is 3.79. The van der Waals surface area contributed by atoms with Gasteiger partial charge in [0.1, 0.15) is 11.8 Å². The number of aliphatic hydroxyl groups excluding tert-OH is 1. The Morgan fingerprint density at radius 1 is 1.06 bits per heavy atom. The summed E-state index contributed by atoms with van der Waals surface area (Å²) in [7, 11) is 0. The summed E-state index contributed by atoms with van der Waals surface area (Å²) in [6, 6.07) is 11.5. The maximum absolute atomic E-state index is 9.00. The van der Waals surface area contributed by atoms with Crippen LogP contribution in [0.1, 0.15) is 5.56 Å². The van der Waals surface area contributed by atoms with E-state index in [2.05, 4.69) is 9.97 Å². The van der Waals surface area contributed by atoms with E-state index >= 15 is 0 Å². The average molecular weight is 225 g/mol. The van der Waals surface area contributed by atoms with Gasteiger partial charge in [-0.05, 0) is 29.8 Å². The van der Waals surface area contributed by atoms with E-state index in [-0.39, 0.29) is 6.61 Å². The molecule has 17 heavy (non-hydrogen) atoms. The molecule has 0 bridgehead atoms. The van der Waals surface area contributed by atoms with Gasteiger partial charge < -0.3 is 5.11 Å². The number of fused-ring (bicyclic) bond motifs is 1. The highest BCUT2D eigenvalue weighted by Crippen LogP contribution is 2.16. The summed E-state index contributed by atoms with van der Waals surface area (Å²) in [5.41, 5.74) is 3.59. The predicted molar refractivity (Wildman–Crippen MR) is 64.8 cm³/mol. The monoisotopic (exact) mass is 225 g/mol. The lowest BCUT2D eigenvalue weighted by molar-refractivity contribution is 0.282. The smallest absolute Gasteiger partial charge is 0.164 e. The van der Waals surface area contributed by atoms with Crippen LogP contribution in [0.5, 0.6) is 0 Å². The average Bonchev–Trinajstić information content (AvgIpc) is 2.83. The number of aliphatic hydroxyl groups is 1. The third-order valence-corrected chi connectivity index (χ3v) is 2.70. The van der Waals surface area contributed by atoms with Crippen molar-refractivity contribution in [3.8, 4) is 5.69 Å². The van der Waals surface area contributed by atoms with E-state index in [9.17, 15) is 0 Å². The summed E-state index contributed by atoms with van der Waals surface area (Å²) in [5, 5.41) is 9.00. The number of imidazole rings is 1. The first kappa shape index (κ1) is 9.99. The van der Waals surface area contributed by atoms with Crippen LogP contribution in [-0.4, -0.2) is 19.6 Å². The molecule has 0 amide bonds. The summed E-state index contributed by atoms with van der Waals surface area (Å²) in [6.45, 7) is 0.0587. The molecule has 3 aromatic rings. The summed E-state index contributed by atoms with van der Waals surface area (Å²) in [4.78, 5) is 8.60. The highest BCUT2D eigenvalue weighted by Gasteiger charge is 2.04. The number of hydrogen-bond acceptors (Lipinski definition) is 3. The van der Waals surface area contributed by atoms with Gasteiger partial charge in [-0.3, -0.25) is 4.57 Å². The first-order valence-electron chi connectivity index (χ1n) is 5.37. The minimum atomic E-state index is 0.0587. The van der Waals surface area contributed by atoms with E-state index in [1.165, 1.54) is 0 Å². The van der Waals surface area contributed by atoms with Crippen molar-refractivity contribution in [2.75, 3.05) is 0 Å². The van der Waals surface area contributed by atoms with Crippen molar-refractivity contribution in [1.29, 1.82) is 0 Å². The molecule has 0 unspecified atom stereocenters. The van der Waals surface area contributed by atoms with Crippen molar-refractivity contribution in [2.45, 2.75) is 6.61 Å². The predicted octanol–water partition coefficient (Wildman–Crippen LogP) is 1.91. The van der Waals surface area contributed by atoms with Crippen LogP contribution in [0.4, 0.5) is 0 Å². The third kappa shape index (κ3) is 1.68. The lowest BCUT2D eigenvalue weighted by atomic mass is 10.2. The number of benzene rings is 1. The van der Waals surface area contributed by atoms with E-state index < -0.39 is 0 Å². The number of pyridine rings is 1. The normalized spacial score (nSPS) is 10.9. The van der Waals surface area contributed by atoms with Gasteiger partial charge >= 0.3 is 0 Å². The molecule has 84 valence electrons.